The molecule has 0 radical (unpaired) electrons. The Kier molecular flexibility index (Phi) is 2.21. The van der Waals surface area contributed by atoms with Crippen molar-refractivity contribution in [3.05, 3.63) is 16.4 Å². The Morgan fingerprint density at radius 2 is 2.30 bits per heavy atom. The first kappa shape index (κ1) is 7.47. The fraction of sp³-hybridized carbons (Fsp3) is 0.333. The second-order valence-corrected chi connectivity index (χ2v) is 2.73. The van der Waals surface area contributed by atoms with E-state index in [4.69, 9.17) is 0 Å². The highest BCUT2D eigenvalue weighted by molar-refractivity contribution is 9.10. The number of aromatic nitrogens is 2. The summed E-state index contributed by atoms with van der Waals surface area (Å²) in [6, 6.07) is 0. The van der Waals surface area contributed by atoms with Crippen molar-refractivity contribution in [2.75, 3.05) is 12.4 Å². The molecule has 0 saturated carbocycles. The van der Waals surface area contributed by atoms with Crippen LogP contribution in [0, 0.1) is 6.92 Å². The van der Waals surface area contributed by atoms with Gasteiger partial charge in [-0.2, -0.15) is 0 Å². The van der Waals surface area contributed by atoms with Crippen molar-refractivity contribution in [2.45, 2.75) is 6.92 Å². The van der Waals surface area contributed by atoms with Crippen molar-refractivity contribution < 1.29 is 0 Å². The average Bonchev–Trinajstić information content (AvgIpc) is 1.95. The second kappa shape index (κ2) is 2.96. The lowest BCUT2D eigenvalue weighted by molar-refractivity contribution is 1.08. The van der Waals surface area contributed by atoms with E-state index < -0.39 is 0 Å². The number of halogens is 1. The third-order valence-corrected chi connectivity index (χ3v) is 1.92. The Hall–Kier alpha value is -0.640. The van der Waals surface area contributed by atoms with Crippen LogP contribution >= 0.6 is 15.9 Å². The first-order valence-electron chi connectivity index (χ1n) is 2.91. The molecule has 1 N–H and O–H groups in total. The van der Waals surface area contributed by atoms with Gasteiger partial charge in [0.25, 0.3) is 0 Å². The van der Waals surface area contributed by atoms with Crippen LogP contribution in [0.4, 0.5) is 5.95 Å². The van der Waals surface area contributed by atoms with Crippen molar-refractivity contribution in [3.63, 3.8) is 0 Å². The van der Waals surface area contributed by atoms with Gasteiger partial charge in [0.15, 0.2) is 0 Å². The highest BCUT2D eigenvalue weighted by Gasteiger charge is 1.96. The molecule has 0 fully saturated rings. The zero-order chi connectivity index (χ0) is 7.56. The zero-order valence-electron chi connectivity index (χ0n) is 5.85. The minimum absolute atomic E-state index is 0.653. The highest BCUT2D eigenvalue weighted by atomic mass is 79.9. The molecular formula is C6H8BrN3. The van der Waals surface area contributed by atoms with Gasteiger partial charge in [0, 0.05) is 13.2 Å². The maximum atomic E-state index is 4.12. The molecule has 1 aromatic rings. The lowest BCUT2D eigenvalue weighted by Gasteiger charge is -1.99. The standard InChI is InChI=1S/C6H8BrN3/c1-4-5(7)3-9-6(8-2)10-4/h3H,1-2H3,(H,8,9,10). The molecule has 0 amide bonds. The van der Waals surface area contributed by atoms with E-state index in [0.29, 0.717) is 5.95 Å². The molecule has 0 unspecified atom stereocenters. The summed E-state index contributed by atoms with van der Waals surface area (Å²) >= 11 is 3.31. The molecule has 0 spiro atoms. The van der Waals surface area contributed by atoms with Gasteiger partial charge in [-0.1, -0.05) is 0 Å². The van der Waals surface area contributed by atoms with E-state index in [1.165, 1.54) is 0 Å². The summed E-state index contributed by atoms with van der Waals surface area (Å²) in [5.41, 5.74) is 0.944. The molecule has 0 bridgehead atoms. The maximum Gasteiger partial charge on any atom is 0.222 e. The van der Waals surface area contributed by atoms with Gasteiger partial charge in [-0.3, -0.25) is 0 Å². The van der Waals surface area contributed by atoms with Gasteiger partial charge in [0.2, 0.25) is 5.95 Å². The first-order chi connectivity index (χ1) is 4.74. The lowest BCUT2D eigenvalue weighted by atomic mass is 10.5. The van der Waals surface area contributed by atoms with E-state index in [0.717, 1.165) is 10.2 Å². The van der Waals surface area contributed by atoms with Crippen molar-refractivity contribution in [1.82, 2.24) is 9.97 Å². The molecule has 3 nitrogen and oxygen atoms in total. The Balaban J connectivity index is 3.04. The van der Waals surface area contributed by atoms with Crippen LogP contribution in [-0.2, 0) is 0 Å². The van der Waals surface area contributed by atoms with Gasteiger partial charge in [0.05, 0.1) is 10.2 Å². The molecule has 0 aliphatic heterocycles. The zero-order valence-corrected chi connectivity index (χ0v) is 7.44. The molecule has 0 aliphatic rings. The van der Waals surface area contributed by atoms with Crippen LogP contribution in [-0.4, -0.2) is 17.0 Å². The van der Waals surface area contributed by atoms with E-state index in [-0.39, 0.29) is 0 Å². The van der Waals surface area contributed by atoms with Crippen LogP contribution in [0.3, 0.4) is 0 Å². The summed E-state index contributed by atoms with van der Waals surface area (Å²) in [5.74, 6) is 0.653. The molecule has 0 aromatic carbocycles. The summed E-state index contributed by atoms with van der Waals surface area (Å²) in [5, 5.41) is 2.85. The summed E-state index contributed by atoms with van der Waals surface area (Å²) in [6.45, 7) is 1.92. The molecular weight excluding hydrogens is 194 g/mol. The van der Waals surface area contributed by atoms with Crippen LogP contribution in [0.5, 0.6) is 0 Å². The van der Waals surface area contributed by atoms with Crippen molar-refractivity contribution >= 4 is 21.9 Å². The van der Waals surface area contributed by atoms with Crippen LogP contribution in [0.2, 0.25) is 0 Å². The number of nitrogens with one attached hydrogen (secondary N) is 1. The van der Waals surface area contributed by atoms with Gasteiger partial charge >= 0.3 is 0 Å². The Labute approximate surface area is 68.0 Å². The van der Waals surface area contributed by atoms with Gasteiger partial charge in [0.1, 0.15) is 0 Å². The van der Waals surface area contributed by atoms with Crippen LogP contribution < -0.4 is 5.32 Å². The average molecular weight is 202 g/mol. The first-order valence-corrected chi connectivity index (χ1v) is 3.70. The topological polar surface area (TPSA) is 37.8 Å². The quantitative estimate of drug-likeness (QED) is 0.751. The lowest BCUT2D eigenvalue weighted by Crippen LogP contribution is -1.97. The predicted octanol–water partition coefficient (Wildman–Crippen LogP) is 1.59. The number of hydrogen-bond donors (Lipinski definition) is 1. The predicted molar refractivity (Wildman–Crippen MR) is 44.0 cm³/mol. The van der Waals surface area contributed by atoms with Crippen molar-refractivity contribution in [3.8, 4) is 0 Å². The van der Waals surface area contributed by atoms with Gasteiger partial charge in [-0.05, 0) is 22.9 Å². The number of rotatable bonds is 1. The van der Waals surface area contributed by atoms with E-state index in [1.807, 2.05) is 6.92 Å². The Bertz CT molecular complexity index is 236. The SMILES string of the molecule is CNc1ncc(Br)c(C)n1. The van der Waals surface area contributed by atoms with Gasteiger partial charge in [-0.25, -0.2) is 9.97 Å². The van der Waals surface area contributed by atoms with Crippen LogP contribution in [0.1, 0.15) is 5.69 Å². The molecule has 0 atom stereocenters. The summed E-state index contributed by atoms with van der Waals surface area (Å²) in [7, 11) is 1.79. The largest absolute Gasteiger partial charge is 0.357 e. The highest BCUT2D eigenvalue weighted by Crippen LogP contribution is 2.12. The molecule has 0 aliphatic carbocycles. The van der Waals surface area contributed by atoms with Crippen LogP contribution in [0.15, 0.2) is 10.7 Å². The maximum absolute atomic E-state index is 4.12. The van der Waals surface area contributed by atoms with E-state index in [9.17, 15) is 0 Å². The van der Waals surface area contributed by atoms with Crippen molar-refractivity contribution in [1.29, 1.82) is 0 Å². The Morgan fingerprint density at radius 3 is 2.80 bits per heavy atom. The fourth-order valence-electron chi connectivity index (χ4n) is 0.573. The van der Waals surface area contributed by atoms with E-state index in [2.05, 4.69) is 31.2 Å². The fourth-order valence-corrected chi connectivity index (χ4v) is 0.764. The van der Waals surface area contributed by atoms with Crippen molar-refractivity contribution in [2.24, 2.45) is 0 Å². The number of anilines is 1. The molecule has 4 heteroatoms. The normalized spacial score (nSPS) is 9.50. The number of hydrogen-bond acceptors (Lipinski definition) is 3. The molecule has 54 valence electrons. The second-order valence-electron chi connectivity index (χ2n) is 1.88. The number of aryl methyl sites for hydroxylation is 1. The molecule has 1 heterocycles. The minimum atomic E-state index is 0.653. The summed E-state index contributed by atoms with van der Waals surface area (Å²) in [4.78, 5) is 8.11. The third-order valence-electron chi connectivity index (χ3n) is 1.14. The van der Waals surface area contributed by atoms with Gasteiger partial charge in [-0.15, -0.1) is 0 Å². The molecule has 1 rings (SSSR count). The van der Waals surface area contributed by atoms with Gasteiger partial charge < -0.3 is 5.32 Å². The molecule has 10 heavy (non-hydrogen) atoms. The summed E-state index contributed by atoms with van der Waals surface area (Å²) in [6.07, 6.45) is 1.73. The smallest absolute Gasteiger partial charge is 0.222 e. The molecule has 0 saturated heterocycles. The Morgan fingerprint density at radius 1 is 1.60 bits per heavy atom. The van der Waals surface area contributed by atoms with E-state index >= 15 is 0 Å². The molecule has 1 aromatic heterocycles. The summed E-state index contributed by atoms with van der Waals surface area (Å²) < 4.78 is 0.937. The third kappa shape index (κ3) is 1.44. The number of nitrogens with zero attached hydrogens (tertiary/aromatic N) is 2. The minimum Gasteiger partial charge on any atom is -0.357 e. The van der Waals surface area contributed by atoms with Crippen LogP contribution in [0.25, 0.3) is 0 Å². The monoisotopic (exact) mass is 201 g/mol. The van der Waals surface area contributed by atoms with E-state index in [1.54, 1.807) is 13.2 Å².